The molecule has 0 fully saturated rings. The third kappa shape index (κ3) is 5.79. The number of carbonyl (C=O) groups is 1. The Morgan fingerprint density at radius 1 is 0.962 bits per heavy atom. The first-order valence-electron chi connectivity index (χ1n) is 8.47. The van der Waals surface area contributed by atoms with Gasteiger partial charge in [0, 0.05) is 11.6 Å². The molecule has 0 aliphatic rings. The fourth-order valence-electron chi connectivity index (χ4n) is 2.67. The zero-order valence-electron chi connectivity index (χ0n) is 14.4. The van der Waals surface area contributed by atoms with E-state index < -0.39 is 0 Å². The number of halogens is 1. The van der Waals surface area contributed by atoms with Crippen molar-refractivity contribution in [1.82, 2.24) is 10.2 Å². The molecule has 1 N–H and O–H groups in total. The van der Waals surface area contributed by atoms with Crippen molar-refractivity contribution in [3.63, 3.8) is 0 Å². The number of benzene rings is 1. The maximum absolute atomic E-state index is 12.3. The van der Waals surface area contributed by atoms with E-state index in [-0.39, 0.29) is 12.5 Å². The van der Waals surface area contributed by atoms with Gasteiger partial charge in [-0.3, -0.25) is 9.69 Å². The van der Waals surface area contributed by atoms with Crippen molar-refractivity contribution in [3.05, 3.63) is 83.2 Å². The first-order chi connectivity index (χ1) is 12.7. The monoisotopic (exact) mass is 372 g/mol. The van der Waals surface area contributed by atoms with Crippen LogP contribution < -0.4 is 5.32 Å². The molecule has 0 saturated heterocycles. The lowest BCUT2D eigenvalue weighted by atomic mass is 10.1. The lowest BCUT2D eigenvalue weighted by molar-refractivity contribution is -0.122. The summed E-state index contributed by atoms with van der Waals surface area (Å²) in [5.41, 5.74) is 1.14. The number of nitrogens with zero attached hydrogens (tertiary/aromatic N) is 1. The first kappa shape index (κ1) is 18.3. The van der Waals surface area contributed by atoms with Crippen LogP contribution in [0.2, 0.25) is 5.02 Å². The van der Waals surface area contributed by atoms with Crippen molar-refractivity contribution in [2.75, 3.05) is 13.1 Å². The summed E-state index contributed by atoms with van der Waals surface area (Å²) in [4.78, 5) is 14.3. The van der Waals surface area contributed by atoms with Gasteiger partial charge in [0.1, 0.15) is 11.5 Å². The van der Waals surface area contributed by atoms with Gasteiger partial charge in [-0.25, -0.2) is 0 Å². The molecule has 0 aliphatic heterocycles. The van der Waals surface area contributed by atoms with Crippen LogP contribution in [0.25, 0.3) is 0 Å². The minimum Gasteiger partial charge on any atom is -0.468 e. The number of rotatable bonds is 9. The van der Waals surface area contributed by atoms with Gasteiger partial charge in [0.2, 0.25) is 5.91 Å². The van der Waals surface area contributed by atoms with E-state index in [4.69, 9.17) is 20.4 Å². The summed E-state index contributed by atoms with van der Waals surface area (Å²) in [5.74, 6) is 1.59. The normalized spacial score (nSPS) is 11.0. The molecule has 136 valence electrons. The molecule has 3 rings (SSSR count). The van der Waals surface area contributed by atoms with Crippen LogP contribution in [-0.2, 0) is 24.3 Å². The Kier molecular flexibility index (Phi) is 6.52. The molecule has 0 aliphatic carbocycles. The Morgan fingerprint density at radius 3 is 2.12 bits per heavy atom. The Morgan fingerprint density at radius 2 is 1.58 bits per heavy atom. The quantitative estimate of drug-likeness (QED) is 0.619. The highest BCUT2D eigenvalue weighted by molar-refractivity contribution is 6.30. The van der Waals surface area contributed by atoms with Crippen molar-refractivity contribution < 1.29 is 13.6 Å². The molecule has 0 atom stereocenters. The molecule has 0 saturated carbocycles. The fourth-order valence-corrected chi connectivity index (χ4v) is 2.80. The van der Waals surface area contributed by atoms with E-state index in [1.165, 1.54) is 0 Å². The zero-order valence-corrected chi connectivity index (χ0v) is 15.1. The van der Waals surface area contributed by atoms with Crippen LogP contribution >= 0.6 is 11.6 Å². The molecular formula is C20H21ClN2O3. The van der Waals surface area contributed by atoms with Crippen LogP contribution in [0.5, 0.6) is 0 Å². The van der Waals surface area contributed by atoms with E-state index in [9.17, 15) is 4.79 Å². The van der Waals surface area contributed by atoms with E-state index in [0.717, 1.165) is 23.5 Å². The number of carbonyl (C=O) groups excluding carboxylic acids is 1. The first-order valence-corrected chi connectivity index (χ1v) is 8.85. The third-order valence-corrected chi connectivity index (χ3v) is 4.19. The molecule has 2 aromatic heterocycles. The van der Waals surface area contributed by atoms with Crippen LogP contribution in [-0.4, -0.2) is 23.9 Å². The maximum atomic E-state index is 12.3. The Hall–Kier alpha value is -2.50. The second kappa shape index (κ2) is 9.27. The molecule has 5 nitrogen and oxygen atoms in total. The molecule has 1 aromatic carbocycles. The predicted octanol–water partition coefficient (Wildman–Crippen LogP) is 3.89. The summed E-state index contributed by atoms with van der Waals surface area (Å²) in [7, 11) is 0. The maximum Gasteiger partial charge on any atom is 0.234 e. The van der Waals surface area contributed by atoms with Gasteiger partial charge < -0.3 is 14.2 Å². The third-order valence-electron chi connectivity index (χ3n) is 3.94. The summed E-state index contributed by atoms with van der Waals surface area (Å²) in [5, 5.41) is 3.67. The van der Waals surface area contributed by atoms with Gasteiger partial charge in [-0.15, -0.1) is 0 Å². The van der Waals surface area contributed by atoms with Crippen molar-refractivity contribution in [2.24, 2.45) is 0 Å². The summed E-state index contributed by atoms with van der Waals surface area (Å²) >= 11 is 5.88. The average molecular weight is 373 g/mol. The highest BCUT2D eigenvalue weighted by atomic mass is 35.5. The van der Waals surface area contributed by atoms with Crippen molar-refractivity contribution >= 4 is 17.5 Å². The van der Waals surface area contributed by atoms with Gasteiger partial charge in [0.05, 0.1) is 32.2 Å². The van der Waals surface area contributed by atoms with Crippen molar-refractivity contribution in [3.8, 4) is 0 Å². The SMILES string of the molecule is O=C(CN(Cc1ccco1)Cc1ccco1)NCCc1ccc(Cl)cc1. The van der Waals surface area contributed by atoms with Gasteiger partial charge in [-0.2, -0.15) is 0 Å². The van der Waals surface area contributed by atoms with Crippen molar-refractivity contribution in [2.45, 2.75) is 19.5 Å². The summed E-state index contributed by atoms with van der Waals surface area (Å²) < 4.78 is 10.8. The molecule has 26 heavy (non-hydrogen) atoms. The number of hydrogen-bond donors (Lipinski definition) is 1. The predicted molar refractivity (Wildman–Crippen MR) is 99.7 cm³/mol. The summed E-state index contributed by atoms with van der Waals surface area (Å²) in [6.07, 6.45) is 4.03. The minimum atomic E-state index is -0.0305. The number of amides is 1. The topological polar surface area (TPSA) is 58.6 Å². The van der Waals surface area contributed by atoms with Crippen LogP contribution in [0.3, 0.4) is 0 Å². The highest BCUT2D eigenvalue weighted by Crippen LogP contribution is 2.11. The van der Waals surface area contributed by atoms with Gasteiger partial charge in [-0.05, 0) is 48.4 Å². The Labute approximate surface area is 157 Å². The lowest BCUT2D eigenvalue weighted by Crippen LogP contribution is -2.37. The van der Waals surface area contributed by atoms with E-state index in [1.807, 2.05) is 53.4 Å². The Balaban J connectivity index is 1.50. The van der Waals surface area contributed by atoms with Gasteiger partial charge in [0.25, 0.3) is 0 Å². The smallest absolute Gasteiger partial charge is 0.234 e. The van der Waals surface area contributed by atoms with Crippen LogP contribution in [0.1, 0.15) is 17.1 Å². The fraction of sp³-hybridized carbons (Fsp3) is 0.250. The molecule has 0 spiro atoms. The average Bonchev–Trinajstić information content (AvgIpc) is 3.31. The molecule has 2 heterocycles. The number of hydrogen-bond acceptors (Lipinski definition) is 4. The lowest BCUT2D eigenvalue weighted by Gasteiger charge is -2.19. The molecule has 3 aromatic rings. The summed E-state index contributed by atoms with van der Waals surface area (Å²) in [6.45, 7) is 1.93. The minimum absolute atomic E-state index is 0.0305. The van der Waals surface area contributed by atoms with Crippen LogP contribution in [0.4, 0.5) is 0 Å². The van der Waals surface area contributed by atoms with Crippen LogP contribution in [0.15, 0.2) is 69.9 Å². The molecule has 6 heteroatoms. The molecule has 1 amide bonds. The standard InChI is InChI=1S/C20H21ClN2O3/c21-17-7-5-16(6-8-17)9-10-22-20(24)15-23(13-18-3-1-11-25-18)14-19-4-2-12-26-19/h1-8,11-12H,9-10,13-15H2,(H,22,24). The second-order valence-electron chi connectivity index (χ2n) is 6.03. The Bertz CT molecular complexity index is 747. The molecule has 0 unspecified atom stereocenters. The van der Waals surface area contributed by atoms with Gasteiger partial charge >= 0.3 is 0 Å². The second-order valence-corrected chi connectivity index (χ2v) is 6.47. The molecular weight excluding hydrogens is 352 g/mol. The van der Waals surface area contributed by atoms with Gasteiger partial charge in [0.15, 0.2) is 0 Å². The van der Waals surface area contributed by atoms with E-state index >= 15 is 0 Å². The van der Waals surface area contributed by atoms with Crippen LogP contribution in [0, 0.1) is 0 Å². The van der Waals surface area contributed by atoms with E-state index in [1.54, 1.807) is 12.5 Å². The van der Waals surface area contributed by atoms with Gasteiger partial charge in [-0.1, -0.05) is 23.7 Å². The highest BCUT2D eigenvalue weighted by Gasteiger charge is 2.14. The number of furan rings is 2. The zero-order chi connectivity index (χ0) is 18.2. The van der Waals surface area contributed by atoms with E-state index in [2.05, 4.69) is 5.32 Å². The van der Waals surface area contributed by atoms with Crippen molar-refractivity contribution in [1.29, 1.82) is 0 Å². The van der Waals surface area contributed by atoms with E-state index in [0.29, 0.717) is 24.7 Å². The largest absolute Gasteiger partial charge is 0.468 e. The number of nitrogens with one attached hydrogen (secondary N) is 1. The molecule has 0 radical (unpaired) electrons. The summed E-state index contributed by atoms with van der Waals surface area (Å²) in [6, 6.07) is 15.1. The molecule has 0 bridgehead atoms.